The highest BCUT2D eigenvalue weighted by molar-refractivity contribution is 7.99. The predicted molar refractivity (Wildman–Crippen MR) is 62.9 cm³/mol. The van der Waals surface area contributed by atoms with Crippen LogP contribution in [0, 0.1) is 23.2 Å². The molecule has 1 heterocycles. The third-order valence-electron chi connectivity index (χ3n) is 3.31. The van der Waals surface area contributed by atoms with Crippen molar-refractivity contribution in [2.45, 2.75) is 43.1 Å². The largest absolute Gasteiger partial charge is 0.440 e. The van der Waals surface area contributed by atoms with E-state index in [0.29, 0.717) is 10.5 Å². The summed E-state index contributed by atoms with van der Waals surface area (Å²) in [6.45, 7) is 2.23. The van der Waals surface area contributed by atoms with Gasteiger partial charge in [-0.3, -0.25) is 0 Å². The lowest BCUT2D eigenvalue weighted by Gasteiger charge is -2.30. The molecule has 1 aromatic rings. The summed E-state index contributed by atoms with van der Waals surface area (Å²) in [5, 5.41) is 10.2. The molecule has 1 fully saturated rings. The van der Waals surface area contributed by atoms with E-state index in [1.54, 1.807) is 24.2 Å². The number of oxazole rings is 1. The second-order valence-corrected chi connectivity index (χ2v) is 5.47. The molecule has 1 saturated carbocycles. The first-order chi connectivity index (χ1) is 7.83. The van der Waals surface area contributed by atoms with Gasteiger partial charge in [-0.05, 0) is 25.2 Å². The van der Waals surface area contributed by atoms with Gasteiger partial charge in [-0.2, -0.15) is 5.26 Å². The van der Waals surface area contributed by atoms with Gasteiger partial charge in [0.2, 0.25) is 0 Å². The first-order valence-electron chi connectivity index (χ1n) is 5.79. The molecule has 0 amide bonds. The molecule has 0 bridgehead atoms. The number of hydrogen-bond donors (Lipinski definition) is 0. The highest BCUT2D eigenvalue weighted by Crippen LogP contribution is 2.40. The summed E-state index contributed by atoms with van der Waals surface area (Å²) >= 11 is 1.62. The van der Waals surface area contributed by atoms with E-state index in [0.717, 1.165) is 18.8 Å². The summed E-state index contributed by atoms with van der Waals surface area (Å²) in [5.74, 6) is 0.914. The summed E-state index contributed by atoms with van der Waals surface area (Å²) in [6, 6.07) is 2.42. The molecule has 3 nitrogen and oxygen atoms in total. The molecule has 3 atom stereocenters. The Balaban J connectivity index is 2.01. The van der Waals surface area contributed by atoms with E-state index in [1.165, 1.54) is 12.8 Å². The average molecular weight is 236 g/mol. The smallest absolute Gasteiger partial charge is 0.255 e. The zero-order valence-corrected chi connectivity index (χ0v) is 10.2. The van der Waals surface area contributed by atoms with E-state index in [-0.39, 0.29) is 5.92 Å². The number of aromatic nitrogens is 1. The van der Waals surface area contributed by atoms with Crippen molar-refractivity contribution in [1.82, 2.24) is 4.98 Å². The summed E-state index contributed by atoms with van der Waals surface area (Å²) in [5.41, 5.74) is 0. The van der Waals surface area contributed by atoms with Gasteiger partial charge in [0.1, 0.15) is 6.26 Å². The van der Waals surface area contributed by atoms with Crippen LogP contribution in [0.5, 0.6) is 0 Å². The van der Waals surface area contributed by atoms with Gasteiger partial charge >= 0.3 is 0 Å². The van der Waals surface area contributed by atoms with Crippen molar-refractivity contribution in [1.29, 1.82) is 5.26 Å². The van der Waals surface area contributed by atoms with Gasteiger partial charge < -0.3 is 4.42 Å². The van der Waals surface area contributed by atoms with E-state index in [1.807, 2.05) is 0 Å². The van der Waals surface area contributed by atoms with E-state index in [4.69, 9.17) is 9.68 Å². The molecule has 1 aromatic heterocycles. The fraction of sp³-hybridized carbons (Fsp3) is 0.667. The highest BCUT2D eigenvalue weighted by Gasteiger charge is 2.31. The van der Waals surface area contributed by atoms with Crippen LogP contribution >= 0.6 is 11.8 Å². The first-order valence-corrected chi connectivity index (χ1v) is 6.67. The fourth-order valence-electron chi connectivity index (χ4n) is 2.26. The van der Waals surface area contributed by atoms with E-state index >= 15 is 0 Å². The van der Waals surface area contributed by atoms with E-state index < -0.39 is 0 Å². The van der Waals surface area contributed by atoms with Gasteiger partial charge in [0.15, 0.2) is 0 Å². The number of rotatable bonds is 3. The average Bonchev–Trinajstić information content (AvgIpc) is 2.82. The molecule has 3 unspecified atom stereocenters. The van der Waals surface area contributed by atoms with Crippen LogP contribution in [0.2, 0.25) is 0 Å². The van der Waals surface area contributed by atoms with Crippen LogP contribution in [-0.2, 0) is 0 Å². The molecular formula is C12H16N2OS. The predicted octanol–water partition coefficient (Wildman–Crippen LogP) is 3.49. The number of nitrogens with zero attached hydrogens (tertiary/aromatic N) is 2. The lowest BCUT2D eigenvalue weighted by molar-refractivity contribution is 0.315. The number of hydrogen-bond acceptors (Lipinski definition) is 4. The van der Waals surface area contributed by atoms with Crippen molar-refractivity contribution in [3.63, 3.8) is 0 Å². The van der Waals surface area contributed by atoms with Gasteiger partial charge in [-0.1, -0.05) is 25.1 Å². The van der Waals surface area contributed by atoms with Gasteiger partial charge in [0, 0.05) is 5.25 Å². The third kappa shape index (κ3) is 2.59. The monoisotopic (exact) mass is 236 g/mol. The van der Waals surface area contributed by atoms with Crippen LogP contribution in [0.15, 0.2) is 22.1 Å². The Morgan fingerprint density at radius 3 is 3.12 bits per heavy atom. The molecule has 16 heavy (non-hydrogen) atoms. The minimum absolute atomic E-state index is 0.152. The van der Waals surface area contributed by atoms with Gasteiger partial charge in [0.05, 0.1) is 18.2 Å². The van der Waals surface area contributed by atoms with Crippen molar-refractivity contribution in [3.05, 3.63) is 12.5 Å². The lowest BCUT2D eigenvalue weighted by Crippen LogP contribution is -2.25. The first kappa shape index (κ1) is 11.5. The fourth-order valence-corrected chi connectivity index (χ4v) is 3.48. The second kappa shape index (κ2) is 5.40. The molecule has 2 rings (SSSR count). The van der Waals surface area contributed by atoms with Crippen LogP contribution in [-0.4, -0.2) is 10.2 Å². The Morgan fingerprint density at radius 1 is 1.62 bits per heavy atom. The Hall–Kier alpha value is -0.950. The zero-order valence-electron chi connectivity index (χ0n) is 9.43. The molecule has 0 radical (unpaired) electrons. The van der Waals surface area contributed by atoms with Crippen LogP contribution in [0.3, 0.4) is 0 Å². The zero-order chi connectivity index (χ0) is 11.4. The molecule has 0 N–H and O–H groups in total. The molecule has 1 aliphatic rings. The maximum absolute atomic E-state index is 9.13. The number of nitriles is 1. The van der Waals surface area contributed by atoms with Crippen LogP contribution in [0.4, 0.5) is 0 Å². The topological polar surface area (TPSA) is 49.8 Å². The minimum atomic E-state index is 0.152. The van der Waals surface area contributed by atoms with Crippen LogP contribution in [0.25, 0.3) is 0 Å². The third-order valence-corrected chi connectivity index (χ3v) is 4.53. The van der Waals surface area contributed by atoms with Crippen LogP contribution < -0.4 is 0 Å². The van der Waals surface area contributed by atoms with E-state index in [9.17, 15) is 0 Å². The Labute approximate surface area is 100 Å². The molecule has 0 aliphatic heterocycles. The minimum Gasteiger partial charge on any atom is -0.440 e. The van der Waals surface area contributed by atoms with Crippen LogP contribution in [0.1, 0.15) is 32.6 Å². The molecule has 0 saturated heterocycles. The van der Waals surface area contributed by atoms with Gasteiger partial charge in [-0.25, -0.2) is 4.98 Å². The van der Waals surface area contributed by atoms with Gasteiger partial charge in [0.25, 0.3) is 5.22 Å². The van der Waals surface area contributed by atoms with Crippen molar-refractivity contribution >= 4 is 11.8 Å². The van der Waals surface area contributed by atoms with Crippen molar-refractivity contribution in [2.75, 3.05) is 0 Å². The number of thioether (sulfide) groups is 1. The van der Waals surface area contributed by atoms with Crippen molar-refractivity contribution < 1.29 is 4.42 Å². The second-order valence-electron chi connectivity index (χ2n) is 4.28. The molecule has 0 aromatic carbocycles. The maximum Gasteiger partial charge on any atom is 0.255 e. The Kier molecular flexibility index (Phi) is 3.89. The molecule has 86 valence electrons. The van der Waals surface area contributed by atoms with Gasteiger partial charge in [-0.15, -0.1) is 0 Å². The summed E-state index contributed by atoms with van der Waals surface area (Å²) in [4.78, 5) is 4.12. The molecular weight excluding hydrogens is 220 g/mol. The standard InChI is InChI=1S/C12H16N2OS/c1-2-9-3-4-10(8-13)11(7-9)16-12-14-5-6-15-12/h5-6,9-11H,2-4,7H2,1H3. The highest BCUT2D eigenvalue weighted by atomic mass is 32.2. The lowest BCUT2D eigenvalue weighted by atomic mass is 9.81. The summed E-state index contributed by atoms with van der Waals surface area (Å²) < 4.78 is 5.24. The quantitative estimate of drug-likeness (QED) is 0.806. The molecule has 1 aliphatic carbocycles. The molecule has 0 spiro atoms. The van der Waals surface area contributed by atoms with Crippen molar-refractivity contribution in [3.8, 4) is 6.07 Å². The normalized spacial score (nSPS) is 29.9. The van der Waals surface area contributed by atoms with E-state index in [2.05, 4.69) is 18.0 Å². The maximum atomic E-state index is 9.13. The molecule has 4 heteroatoms. The Morgan fingerprint density at radius 2 is 2.50 bits per heavy atom. The summed E-state index contributed by atoms with van der Waals surface area (Å²) in [7, 11) is 0. The summed E-state index contributed by atoms with van der Waals surface area (Å²) in [6.07, 6.45) is 7.78. The Bertz CT molecular complexity index is 358. The SMILES string of the molecule is CCC1CCC(C#N)C(Sc2ncco2)C1. The van der Waals surface area contributed by atoms with Crippen molar-refractivity contribution in [2.24, 2.45) is 11.8 Å².